The number of rotatable bonds is 8. The van der Waals surface area contributed by atoms with Crippen molar-refractivity contribution in [2.24, 2.45) is 5.41 Å². The van der Waals surface area contributed by atoms with E-state index in [2.05, 4.69) is 17.0 Å². The van der Waals surface area contributed by atoms with Crippen molar-refractivity contribution in [3.05, 3.63) is 29.8 Å². The Morgan fingerprint density at radius 1 is 1.23 bits per heavy atom. The molecule has 1 saturated carbocycles. The lowest BCUT2D eigenvalue weighted by Gasteiger charge is -2.30. The van der Waals surface area contributed by atoms with Crippen molar-refractivity contribution in [2.45, 2.75) is 45.3 Å². The summed E-state index contributed by atoms with van der Waals surface area (Å²) in [5.74, 6) is 0.949. The average Bonchev–Trinajstić information content (AvgIpc) is 3.00. The van der Waals surface area contributed by atoms with E-state index in [1.807, 2.05) is 26.1 Å². The quantitative estimate of drug-likeness (QED) is 0.774. The second-order valence-electron chi connectivity index (χ2n) is 6.97. The van der Waals surface area contributed by atoms with E-state index in [9.17, 15) is 10.2 Å². The monoisotopic (exact) mass is 307 g/mol. The molecule has 1 aromatic carbocycles. The Morgan fingerprint density at radius 3 is 2.55 bits per heavy atom. The summed E-state index contributed by atoms with van der Waals surface area (Å²) in [5.41, 5.74) is 0.725. The van der Waals surface area contributed by atoms with Crippen LogP contribution in [-0.4, -0.2) is 48.0 Å². The first-order valence-electron chi connectivity index (χ1n) is 8.20. The molecule has 22 heavy (non-hydrogen) atoms. The summed E-state index contributed by atoms with van der Waals surface area (Å²) in [5, 5.41) is 18.8. The minimum Gasteiger partial charge on any atom is -0.490 e. The molecule has 2 N–H and O–H groups in total. The number of hydrogen-bond donors (Lipinski definition) is 2. The maximum absolute atomic E-state index is 9.40. The molecule has 0 aliphatic heterocycles. The zero-order valence-electron chi connectivity index (χ0n) is 13.8. The SMILES string of the molecule is CN(Cc1cccc(OC2CCCC2)c1)CC(C)(CO)CO. The van der Waals surface area contributed by atoms with Crippen molar-refractivity contribution >= 4 is 0 Å². The first-order chi connectivity index (χ1) is 10.5. The molecule has 2 rings (SSSR count). The molecule has 0 spiro atoms. The van der Waals surface area contributed by atoms with Crippen LogP contribution in [0.1, 0.15) is 38.2 Å². The normalized spacial score (nSPS) is 16.4. The lowest BCUT2D eigenvalue weighted by Crippen LogP contribution is -2.38. The Kier molecular flexibility index (Phi) is 6.24. The van der Waals surface area contributed by atoms with Gasteiger partial charge in [-0.2, -0.15) is 0 Å². The molecule has 4 nitrogen and oxygen atoms in total. The van der Waals surface area contributed by atoms with E-state index in [0.717, 1.165) is 25.1 Å². The minimum atomic E-state index is -0.466. The van der Waals surface area contributed by atoms with Gasteiger partial charge in [-0.05, 0) is 50.4 Å². The molecule has 4 heteroatoms. The van der Waals surface area contributed by atoms with Crippen LogP contribution in [0.5, 0.6) is 5.75 Å². The smallest absolute Gasteiger partial charge is 0.120 e. The Morgan fingerprint density at radius 2 is 1.91 bits per heavy atom. The topological polar surface area (TPSA) is 52.9 Å². The zero-order valence-corrected chi connectivity index (χ0v) is 13.8. The van der Waals surface area contributed by atoms with E-state index in [0.29, 0.717) is 12.6 Å². The van der Waals surface area contributed by atoms with Gasteiger partial charge in [-0.3, -0.25) is 0 Å². The standard InChI is InChI=1S/C18H29NO3/c1-18(13-20,14-21)12-19(2)11-15-6-5-9-17(10-15)22-16-7-3-4-8-16/h5-6,9-10,16,20-21H,3-4,7-8,11-14H2,1-2H3. The molecule has 0 radical (unpaired) electrons. The summed E-state index contributed by atoms with van der Waals surface area (Å²) in [7, 11) is 2.01. The largest absolute Gasteiger partial charge is 0.490 e. The lowest BCUT2D eigenvalue weighted by molar-refractivity contribution is 0.0402. The molecule has 0 unspecified atom stereocenters. The number of nitrogens with zero attached hydrogens (tertiary/aromatic N) is 1. The predicted octanol–water partition coefficient (Wildman–Crippen LogP) is 2.43. The van der Waals surface area contributed by atoms with Crippen LogP contribution in [0.25, 0.3) is 0 Å². The number of aliphatic hydroxyl groups excluding tert-OH is 2. The summed E-state index contributed by atoms with van der Waals surface area (Å²) in [6.07, 6.45) is 5.24. The van der Waals surface area contributed by atoms with Crippen LogP contribution < -0.4 is 4.74 Å². The molecular formula is C18H29NO3. The Bertz CT molecular complexity index is 453. The molecule has 0 saturated heterocycles. The molecule has 0 heterocycles. The molecule has 1 aliphatic rings. The molecule has 1 aromatic rings. The Hall–Kier alpha value is -1.10. The van der Waals surface area contributed by atoms with Gasteiger partial charge in [-0.25, -0.2) is 0 Å². The van der Waals surface area contributed by atoms with E-state index in [1.165, 1.54) is 18.4 Å². The number of ether oxygens (including phenoxy) is 1. The minimum absolute atomic E-state index is 0.0152. The van der Waals surface area contributed by atoms with Crippen LogP contribution in [-0.2, 0) is 6.54 Å². The van der Waals surface area contributed by atoms with Gasteiger partial charge in [0.05, 0.1) is 19.3 Å². The van der Waals surface area contributed by atoms with Crippen molar-refractivity contribution in [3.63, 3.8) is 0 Å². The molecule has 0 amide bonds. The van der Waals surface area contributed by atoms with Gasteiger partial charge in [0, 0.05) is 18.5 Å². The fourth-order valence-electron chi connectivity index (χ4n) is 3.09. The summed E-state index contributed by atoms with van der Waals surface area (Å²) in [6.45, 7) is 3.28. The van der Waals surface area contributed by atoms with Crippen LogP contribution in [0.4, 0.5) is 0 Å². The van der Waals surface area contributed by atoms with Gasteiger partial charge in [-0.15, -0.1) is 0 Å². The highest BCUT2D eigenvalue weighted by Gasteiger charge is 2.24. The number of benzene rings is 1. The number of aliphatic hydroxyl groups is 2. The fraction of sp³-hybridized carbons (Fsp3) is 0.667. The van der Waals surface area contributed by atoms with Crippen LogP contribution >= 0.6 is 0 Å². The van der Waals surface area contributed by atoms with Gasteiger partial charge in [0.2, 0.25) is 0 Å². The second kappa shape index (κ2) is 7.95. The van der Waals surface area contributed by atoms with Crippen LogP contribution in [0.15, 0.2) is 24.3 Å². The first-order valence-corrected chi connectivity index (χ1v) is 8.20. The molecule has 0 atom stereocenters. The predicted molar refractivity (Wildman–Crippen MR) is 87.9 cm³/mol. The maximum atomic E-state index is 9.40. The van der Waals surface area contributed by atoms with Crippen molar-refractivity contribution < 1.29 is 14.9 Å². The van der Waals surface area contributed by atoms with Gasteiger partial charge in [-0.1, -0.05) is 19.1 Å². The molecule has 0 aromatic heterocycles. The molecule has 124 valence electrons. The van der Waals surface area contributed by atoms with Gasteiger partial charge >= 0.3 is 0 Å². The van der Waals surface area contributed by atoms with Gasteiger partial charge in [0.15, 0.2) is 0 Å². The third-order valence-electron chi connectivity index (χ3n) is 4.37. The molecule has 1 fully saturated rings. The van der Waals surface area contributed by atoms with E-state index in [4.69, 9.17) is 4.74 Å². The van der Waals surface area contributed by atoms with E-state index < -0.39 is 5.41 Å². The Balaban J connectivity index is 1.91. The van der Waals surface area contributed by atoms with E-state index >= 15 is 0 Å². The fourth-order valence-corrected chi connectivity index (χ4v) is 3.09. The third kappa shape index (κ3) is 4.97. The molecular weight excluding hydrogens is 278 g/mol. The van der Waals surface area contributed by atoms with Crippen molar-refractivity contribution in [3.8, 4) is 5.75 Å². The summed E-state index contributed by atoms with van der Waals surface area (Å²) in [6, 6.07) is 8.25. The maximum Gasteiger partial charge on any atom is 0.120 e. The van der Waals surface area contributed by atoms with Crippen molar-refractivity contribution in [1.29, 1.82) is 0 Å². The van der Waals surface area contributed by atoms with Crippen molar-refractivity contribution in [1.82, 2.24) is 4.90 Å². The number of hydrogen-bond acceptors (Lipinski definition) is 4. The Labute approximate surface area is 133 Å². The molecule has 0 bridgehead atoms. The highest BCUT2D eigenvalue weighted by Crippen LogP contribution is 2.25. The highest BCUT2D eigenvalue weighted by molar-refractivity contribution is 5.28. The van der Waals surface area contributed by atoms with Crippen LogP contribution in [0.2, 0.25) is 0 Å². The lowest BCUT2D eigenvalue weighted by atomic mass is 9.92. The summed E-state index contributed by atoms with van der Waals surface area (Å²) >= 11 is 0. The first kappa shape index (κ1) is 17.3. The zero-order chi connectivity index (χ0) is 16.0. The summed E-state index contributed by atoms with van der Waals surface area (Å²) in [4.78, 5) is 2.13. The second-order valence-corrected chi connectivity index (χ2v) is 6.97. The molecule has 1 aliphatic carbocycles. The van der Waals surface area contributed by atoms with Crippen molar-refractivity contribution in [2.75, 3.05) is 26.8 Å². The van der Waals surface area contributed by atoms with Gasteiger partial charge < -0.3 is 19.8 Å². The van der Waals surface area contributed by atoms with Gasteiger partial charge in [0.25, 0.3) is 0 Å². The van der Waals surface area contributed by atoms with Crippen LogP contribution in [0.3, 0.4) is 0 Å². The van der Waals surface area contributed by atoms with Gasteiger partial charge in [0.1, 0.15) is 5.75 Å². The summed E-state index contributed by atoms with van der Waals surface area (Å²) < 4.78 is 6.04. The van der Waals surface area contributed by atoms with Crippen LogP contribution in [0, 0.1) is 5.41 Å². The highest BCUT2D eigenvalue weighted by atomic mass is 16.5. The average molecular weight is 307 g/mol. The van der Waals surface area contributed by atoms with E-state index in [1.54, 1.807) is 0 Å². The van der Waals surface area contributed by atoms with E-state index in [-0.39, 0.29) is 13.2 Å². The third-order valence-corrected chi connectivity index (χ3v) is 4.37.